The normalized spacial score (nSPS) is 29.3. The van der Waals surface area contributed by atoms with E-state index in [2.05, 4.69) is 28.2 Å². The number of anilines is 1. The topological polar surface area (TPSA) is 47.3 Å². The zero-order valence-corrected chi connectivity index (χ0v) is 11.0. The molecule has 16 heavy (non-hydrogen) atoms. The van der Waals surface area contributed by atoms with Crippen LogP contribution in [0.1, 0.15) is 13.3 Å². The maximum Gasteiger partial charge on any atom is 0.0789 e. The maximum atomic E-state index is 5.90. The first-order valence-corrected chi connectivity index (χ1v) is 6.32. The molecule has 2 rings (SSSR count). The van der Waals surface area contributed by atoms with Crippen molar-refractivity contribution in [3.8, 4) is 0 Å². The average molecular weight is 285 g/mol. The maximum absolute atomic E-state index is 5.90. The van der Waals surface area contributed by atoms with Gasteiger partial charge in [-0.25, -0.2) is 0 Å². The van der Waals surface area contributed by atoms with Crippen LogP contribution in [0.3, 0.4) is 0 Å². The number of rotatable bonds is 3. The second kappa shape index (κ2) is 4.73. The molecule has 0 bridgehead atoms. The molecule has 1 aliphatic heterocycles. The average Bonchev–Trinajstić information content (AvgIpc) is 2.64. The summed E-state index contributed by atoms with van der Waals surface area (Å²) < 4.78 is 6.67. The fraction of sp³-hybridized carbons (Fsp3) is 0.500. The van der Waals surface area contributed by atoms with Crippen LogP contribution in [-0.2, 0) is 4.74 Å². The van der Waals surface area contributed by atoms with Gasteiger partial charge in [-0.1, -0.05) is 12.1 Å². The number of nitrogens with one attached hydrogen (secondary N) is 1. The van der Waals surface area contributed by atoms with Gasteiger partial charge in [0.25, 0.3) is 0 Å². The van der Waals surface area contributed by atoms with Crippen LogP contribution in [0.15, 0.2) is 28.7 Å². The largest absolute Gasteiger partial charge is 0.376 e. The lowest BCUT2D eigenvalue weighted by molar-refractivity contribution is 0.103. The third-order valence-electron chi connectivity index (χ3n) is 3.32. The summed E-state index contributed by atoms with van der Waals surface area (Å²) in [5.41, 5.74) is 6.84. The lowest BCUT2D eigenvalue weighted by atomic mass is 9.91. The van der Waals surface area contributed by atoms with Crippen molar-refractivity contribution in [3.63, 3.8) is 0 Å². The van der Waals surface area contributed by atoms with Crippen LogP contribution in [-0.4, -0.2) is 24.8 Å². The molecule has 1 fully saturated rings. The Morgan fingerprint density at radius 3 is 2.88 bits per heavy atom. The number of benzene rings is 1. The smallest absolute Gasteiger partial charge is 0.0789 e. The summed E-state index contributed by atoms with van der Waals surface area (Å²) in [5.74, 6) is 0. The first kappa shape index (κ1) is 11.9. The van der Waals surface area contributed by atoms with E-state index in [4.69, 9.17) is 10.5 Å². The summed E-state index contributed by atoms with van der Waals surface area (Å²) in [6, 6.07) is 8.08. The minimum atomic E-state index is -0.135. The van der Waals surface area contributed by atoms with Crippen LogP contribution in [0, 0.1) is 0 Å². The van der Waals surface area contributed by atoms with Gasteiger partial charge >= 0.3 is 0 Å². The van der Waals surface area contributed by atoms with Gasteiger partial charge in [0.2, 0.25) is 0 Å². The van der Waals surface area contributed by atoms with Gasteiger partial charge in [0, 0.05) is 23.3 Å². The molecule has 0 aromatic heterocycles. The van der Waals surface area contributed by atoms with Crippen molar-refractivity contribution in [3.05, 3.63) is 28.7 Å². The lowest BCUT2D eigenvalue weighted by Crippen LogP contribution is -2.50. The van der Waals surface area contributed by atoms with Crippen molar-refractivity contribution >= 4 is 21.6 Å². The van der Waals surface area contributed by atoms with Gasteiger partial charge in [-0.2, -0.15) is 0 Å². The van der Waals surface area contributed by atoms with E-state index in [1.54, 1.807) is 0 Å². The molecule has 2 atom stereocenters. The Morgan fingerprint density at radius 1 is 1.56 bits per heavy atom. The van der Waals surface area contributed by atoms with E-state index >= 15 is 0 Å². The minimum Gasteiger partial charge on any atom is -0.376 e. The monoisotopic (exact) mass is 284 g/mol. The summed E-state index contributed by atoms with van der Waals surface area (Å²) in [5, 5.41) is 3.53. The van der Waals surface area contributed by atoms with Gasteiger partial charge in [-0.3, -0.25) is 0 Å². The SMILES string of the molecule is CC1OCCC1(CN)Nc1ccccc1Br. The second-order valence-corrected chi connectivity index (χ2v) is 5.08. The van der Waals surface area contributed by atoms with Crippen molar-refractivity contribution in [1.82, 2.24) is 0 Å². The number of hydrogen-bond acceptors (Lipinski definition) is 3. The van der Waals surface area contributed by atoms with Crippen molar-refractivity contribution in [2.24, 2.45) is 5.73 Å². The van der Waals surface area contributed by atoms with Gasteiger partial charge in [-0.05, 0) is 41.4 Å². The summed E-state index contributed by atoms with van der Waals surface area (Å²) in [6.45, 7) is 3.43. The van der Waals surface area contributed by atoms with E-state index in [1.807, 2.05) is 24.3 Å². The highest BCUT2D eigenvalue weighted by molar-refractivity contribution is 9.10. The molecule has 3 nitrogen and oxygen atoms in total. The van der Waals surface area contributed by atoms with Crippen LogP contribution >= 0.6 is 15.9 Å². The third kappa shape index (κ3) is 2.10. The number of hydrogen-bond donors (Lipinski definition) is 2. The highest BCUT2D eigenvalue weighted by atomic mass is 79.9. The van der Waals surface area contributed by atoms with Gasteiger partial charge < -0.3 is 15.8 Å². The third-order valence-corrected chi connectivity index (χ3v) is 4.01. The van der Waals surface area contributed by atoms with Gasteiger partial charge in [-0.15, -0.1) is 0 Å². The molecule has 4 heteroatoms. The fourth-order valence-corrected chi connectivity index (χ4v) is 2.48. The molecule has 1 aromatic rings. The number of nitrogens with two attached hydrogens (primary N) is 1. The first-order chi connectivity index (χ1) is 7.68. The highest BCUT2D eigenvalue weighted by Crippen LogP contribution is 2.32. The van der Waals surface area contributed by atoms with E-state index < -0.39 is 0 Å². The van der Waals surface area contributed by atoms with Gasteiger partial charge in [0.05, 0.1) is 11.6 Å². The van der Waals surface area contributed by atoms with Crippen LogP contribution in [0.5, 0.6) is 0 Å². The van der Waals surface area contributed by atoms with E-state index in [-0.39, 0.29) is 11.6 Å². The molecule has 88 valence electrons. The molecule has 3 N–H and O–H groups in total. The molecule has 0 saturated carbocycles. The van der Waals surface area contributed by atoms with E-state index in [9.17, 15) is 0 Å². The minimum absolute atomic E-state index is 0.135. The predicted octanol–water partition coefficient (Wildman–Crippen LogP) is 2.37. The number of ether oxygens (including phenoxy) is 1. The summed E-state index contributed by atoms with van der Waals surface area (Å²) in [7, 11) is 0. The summed E-state index contributed by atoms with van der Waals surface area (Å²) >= 11 is 3.53. The van der Waals surface area contributed by atoms with Crippen molar-refractivity contribution in [2.45, 2.75) is 25.0 Å². The molecular formula is C12H17BrN2O. The molecule has 0 aliphatic carbocycles. The number of halogens is 1. The lowest BCUT2D eigenvalue weighted by Gasteiger charge is -2.33. The van der Waals surface area contributed by atoms with Gasteiger partial charge in [0.15, 0.2) is 0 Å². The Bertz CT molecular complexity index is 372. The van der Waals surface area contributed by atoms with Crippen molar-refractivity contribution < 1.29 is 4.74 Å². The molecule has 2 unspecified atom stereocenters. The molecule has 1 saturated heterocycles. The zero-order valence-electron chi connectivity index (χ0n) is 9.37. The van der Waals surface area contributed by atoms with Crippen molar-refractivity contribution in [2.75, 3.05) is 18.5 Å². The van der Waals surface area contributed by atoms with Crippen LogP contribution in [0.2, 0.25) is 0 Å². The van der Waals surface area contributed by atoms with E-state index in [1.165, 1.54) is 0 Å². The fourth-order valence-electron chi connectivity index (χ4n) is 2.09. The predicted molar refractivity (Wildman–Crippen MR) is 69.6 cm³/mol. The molecule has 1 aromatic carbocycles. The Balaban J connectivity index is 2.22. The quantitative estimate of drug-likeness (QED) is 0.896. The Labute approximate surface area is 104 Å². The molecule has 1 heterocycles. The van der Waals surface area contributed by atoms with Crippen LogP contribution in [0.25, 0.3) is 0 Å². The Hall–Kier alpha value is -0.580. The van der Waals surface area contributed by atoms with Gasteiger partial charge in [0.1, 0.15) is 0 Å². The second-order valence-electron chi connectivity index (χ2n) is 4.23. The standard InChI is InChI=1S/C12H17BrN2O/c1-9-12(8-14,6-7-16-9)15-11-5-3-2-4-10(11)13/h2-5,9,15H,6-8,14H2,1H3. The van der Waals surface area contributed by atoms with E-state index in [0.717, 1.165) is 23.2 Å². The summed E-state index contributed by atoms with van der Waals surface area (Å²) in [6.07, 6.45) is 1.09. The van der Waals surface area contributed by atoms with Crippen LogP contribution in [0.4, 0.5) is 5.69 Å². The number of para-hydroxylation sites is 1. The molecule has 0 amide bonds. The first-order valence-electron chi connectivity index (χ1n) is 5.52. The molecular weight excluding hydrogens is 268 g/mol. The zero-order chi connectivity index (χ0) is 11.6. The molecule has 0 radical (unpaired) electrons. The highest BCUT2D eigenvalue weighted by Gasteiger charge is 2.40. The van der Waals surface area contributed by atoms with Crippen molar-refractivity contribution in [1.29, 1.82) is 0 Å². The Kier molecular flexibility index (Phi) is 3.52. The molecule has 1 aliphatic rings. The van der Waals surface area contributed by atoms with E-state index in [0.29, 0.717) is 6.54 Å². The summed E-state index contributed by atoms with van der Waals surface area (Å²) in [4.78, 5) is 0. The van der Waals surface area contributed by atoms with Crippen LogP contribution < -0.4 is 11.1 Å². The Morgan fingerprint density at radius 2 is 2.31 bits per heavy atom. The molecule has 0 spiro atoms.